The minimum absolute atomic E-state index is 0.0416. The van der Waals surface area contributed by atoms with E-state index in [0.29, 0.717) is 5.56 Å². The van der Waals surface area contributed by atoms with E-state index < -0.39 is 35.0 Å². The van der Waals surface area contributed by atoms with E-state index in [1.165, 1.54) is 29.3 Å². The Labute approximate surface area is 227 Å². The van der Waals surface area contributed by atoms with Crippen molar-refractivity contribution in [1.29, 1.82) is 0 Å². The van der Waals surface area contributed by atoms with E-state index in [0.717, 1.165) is 21.9 Å². The maximum absolute atomic E-state index is 14.5. The maximum atomic E-state index is 14.5. The molecule has 0 aliphatic carbocycles. The fourth-order valence-electron chi connectivity index (χ4n) is 4.13. The Bertz CT molecular complexity index is 1630. The first kappa shape index (κ1) is 27.8. The SMILES string of the molecule is CCOC(=O)[C@H](Cc1ccccc1)NC(=O)CSc1nc2c(c(=O)n(C)c(=O)n2C)n1Cc1ccccc1F. The first-order chi connectivity index (χ1) is 18.7. The number of ether oxygens (including phenoxy) is 1. The molecule has 12 heteroatoms. The van der Waals surface area contributed by atoms with Gasteiger partial charge in [-0.25, -0.2) is 19.0 Å². The van der Waals surface area contributed by atoms with Crippen molar-refractivity contribution in [2.45, 2.75) is 31.1 Å². The normalized spacial score (nSPS) is 11.9. The van der Waals surface area contributed by atoms with Crippen molar-refractivity contribution >= 4 is 34.8 Å². The second-order valence-corrected chi connectivity index (χ2v) is 9.74. The zero-order chi connectivity index (χ0) is 28.1. The summed E-state index contributed by atoms with van der Waals surface area (Å²) in [5.74, 6) is -1.63. The second kappa shape index (κ2) is 12.1. The van der Waals surface area contributed by atoms with Crippen LogP contribution in [0, 0.1) is 5.82 Å². The van der Waals surface area contributed by atoms with Gasteiger partial charge in [0.1, 0.15) is 11.9 Å². The standard InChI is InChI=1S/C27H28FN5O5S/c1-4-38-25(36)20(14-17-10-6-5-7-11-17)29-21(34)16-39-26-30-23-22(24(35)32(3)27(37)31(23)2)33(26)15-18-12-8-9-13-19(18)28/h5-13,20H,4,14-16H2,1-3H3,(H,29,34)/t20-/m0/s1. The molecule has 0 fully saturated rings. The molecule has 4 aromatic rings. The molecule has 0 radical (unpaired) electrons. The van der Waals surface area contributed by atoms with Crippen LogP contribution in [0.25, 0.3) is 11.2 Å². The van der Waals surface area contributed by atoms with Crippen molar-refractivity contribution in [2.24, 2.45) is 14.1 Å². The highest BCUT2D eigenvalue weighted by Crippen LogP contribution is 2.24. The summed E-state index contributed by atoms with van der Waals surface area (Å²) in [6, 6.07) is 14.5. The smallest absolute Gasteiger partial charge is 0.332 e. The van der Waals surface area contributed by atoms with Crippen LogP contribution < -0.4 is 16.6 Å². The number of nitrogens with zero attached hydrogens (tertiary/aromatic N) is 4. The number of aromatic nitrogens is 4. The van der Waals surface area contributed by atoms with Gasteiger partial charge in [0.2, 0.25) is 5.91 Å². The Hall–Kier alpha value is -4.19. The predicted octanol–water partition coefficient (Wildman–Crippen LogP) is 2.00. The van der Waals surface area contributed by atoms with Crippen molar-refractivity contribution in [2.75, 3.05) is 12.4 Å². The molecule has 0 saturated carbocycles. The van der Waals surface area contributed by atoms with Gasteiger partial charge in [0.25, 0.3) is 5.56 Å². The van der Waals surface area contributed by atoms with Gasteiger partial charge in [-0.15, -0.1) is 0 Å². The van der Waals surface area contributed by atoms with Crippen LogP contribution in [0.2, 0.25) is 0 Å². The third kappa shape index (κ3) is 6.11. The second-order valence-electron chi connectivity index (χ2n) is 8.80. The molecule has 0 spiro atoms. The summed E-state index contributed by atoms with van der Waals surface area (Å²) >= 11 is 1.01. The van der Waals surface area contributed by atoms with Gasteiger partial charge in [0.05, 0.1) is 18.9 Å². The summed E-state index contributed by atoms with van der Waals surface area (Å²) in [7, 11) is 2.84. The van der Waals surface area contributed by atoms with Gasteiger partial charge in [-0.1, -0.05) is 60.3 Å². The van der Waals surface area contributed by atoms with Crippen LogP contribution in [0.3, 0.4) is 0 Å². The lowest BCUT2D eigenvalue weighted by Crippen LogP contribution is -2.44. The highest BCUT2D eigenvalue weighted by atomic mass is 32.2. The number of nitrogens with one attached hydrogen (secondary N) is 1. The van der Waals surface area contributed by atoms with E-state index in [9.17, 15) is 23.6 Å². The molecule has 10 nitrogen and oxygen atoms in total. The van der Waals surface area contributed by atoms with Gasteiger partial charge in [-0.3, -0.25) is 18.7 Å². The topological polar surface area (TPSA) is 117 Å². The van der Waals surface area contributed by atoms with Crippen molar-refractivity contribution < 1.29 is 18.7 Å². The van der Waals surface area contributed by atoms with Crippen LogP contribution in [-0.4, -0.2) is 49.0 Å². The summed E-state index contributed by atoms with van der Waals surface area (Å²) in [6.45, 7) is 1.81. The number of imidazole rings is 1. The molecule has 0 bridgehead atoms. The Kier molecular flexibility index (Phi) is 8.65. The molecule has 2 aromatic heterocycles. The molecule has 39 heavy (non-hydrogen) atoms. The number of aryl methyl sites for hydroxylation is 1. The average Bonchev–Trinajstić information content (AvgIpc) is 3.29. The maximum Gasteiger partial charge on any atom is 0.332 e. The molecule has 0 aliphatic rings. The molecule has 1 atom stereocenters. The van der Waals surface area contributed by atoms with Crippen molar-refractivity contribution in [3.8, 4) is 0 Å². The van der Waals surface area contributed by atoms with Gasteiger partial charge in [0.15, 0.2) is 16.3 Å². The number of thioether (sulfide) groups is 1. The zero-order valence-electron chi connectivity index (χ0n) is 21.7. The van der Waals surface area contributed by atoms with Crippen LogP contribution in [0.5, 0.6) is 0 Å². The number of halogens is 1. The van der Waals surface area contributed by atoms with E-state index in [4.69, 9.17) is 4.74 Å². The average molecular weight is 554 g/mol. The van der Waals surface area contributed by atoms with E-state index >= 15 is 0 Å². The van der Waals surface area contributed by atoms with Gasteiger partial charge < -0.3 is 14.6 Å². The first-order valence-corrected chi connectivity index (χ1v) is 13.2. The third-order valence-corrected chi connectivity index (χ3v) is 7.10. The fraction of sp³-hybridized carbons (Fsp3) is 0.296. The molecule has 2 heterocycles. The van der Waals surface area contributed by atoms with Gasteiger partial charge >= 0.3 is 11.7 Å². The molecule has 1 N–H and O–H groups in total. The van der Waals surface area contributed by atoms with E-state index in [1.54, 1.807) is 25.1 Å². The van der Waals surface area contributed by atoms with Gasteiger partial charge in [-0.05, 0) is 18.6 Å². The first-order valence-electron chi connectivity index (χ1n) is 12.2. The minimum atomic E-state index is -0.897. The van der Waals surface area contributed by atoms with Gasteiger partial charge in [0, 0.05) is 26.1 Å². The Morgan fingerprint density at radius 3 is 2.44 bits per heavy atom. The number of benzene rings is 2. The molecule has 0 unspecified atom stereocenters. The Balaban J connectivity index is 1.63. The monoisotopic (exact) mass is 553 g/mol. The number of esters is 1. The highest BCUT2D eigenvalue weighted by molar-refractivity contribution is 7.99. The number of rotatable bonds is 10. The van der Waals surface area contributed by atoms with Crippen molar-refractivity contribution in [1.82, 2.24) is 24.0 Å². The lowest BCUT2D eigenvalue weighted by Gasteiger charge is -2.17. The number of fused-ring (bicyclic) bond motifs is 1. The summed E-state index contributed by atoms with van der Waals surface area (Å²) in [6.07, 6.45) is 0.250. The molecule has 2 aromatic carbocycles. The van der Waals surface area contributed by atoms with Crippen LogP contribution in [0.4, 0.5) is 4.39 Å². The fourth-order valence-corrected chi connectivity index (χ4v) is 4.94. The number of carbonyl (C=O) groups excluding carboxylic acids is 2. The quantitative estimate of drug-likeness (QED) is 0.236. The molecule has 0 saturated heterocycles. The molecular weight excluding hydrogens is 525 g/mol. The third-order valence-electron chi connectivity index (χ3n) is 6.12. The largest absolute Gasteiger partial charge is 0.464 e. The molecular formula is C27H28FN5O5S. The lowest BCUT2D eigenvalue weighted by atomic mass is 10.1. The van der Waals surface area contributed by atoms with Gasteiger partial charge in [-0.2, -0.15) is 0 Å². The van der Waals surface area contributed by atoms with Crippen LogP contribution >= 0.6 is 11.8 Å². The molecule has 1 amide bonds. The minimum Gasteiger partial charge on any atom is -0.464 e. The molecule has 204 valence electrons. The van der Waals surface area contributed by atoms with E-state index in [2.05, 4.69) is 10.3 Å². The Morgan fingerprint density at radius 1 is 1.05 bits per heavy atom. The number of carbonyl (C=O) groups is 2. The summed E-state index contributed by atoms with van der Waals surface area (Å²) in [4.78, 5) is 55.5. The van der Waals surface area contributed by atoms with Crippen molar-refractivity contribution in [3.05, 3.63) is 92.4 Å². The number of hydrogen-bond donors (Lipinski definition) is 1. The summed E-state index contributed by atoms with van der Waals surface area (Å²) < 4.78 is 23.4. The van der Waals surface area contributed by atoms with E-state index in [-0.39, 0.29) is 41.6 Å². The van der Waals surface area contributed by atoms with Crippen molar-refractivity contribution in [3.63, 3.8) is 0 Å². The predicted molar refractivity (Wildman–Crippen MR) is 145 cm³/mol. The summed E-state index contributed by atoms with van der Waals surface area (Å²) in [5, 5.41) is 2.97. The lowest BCUT2D eigenvalue weighted by molar-refractivity contribution is -0.147. The van der Waals surface area contributed by atoms with Crippen LogP contribution in [-0.2, 0) is 41.4 Å². The van der Waals surface area contributed by atoms with E-state index in [1.807, 2.05) is 30.3 Å². The highest BCUT2D eigenvalue weighted by Gasteiger charge is 2.24. The summed E-state index contributed by atoms with van der Waals surface area (Å²) in [5.41, 5.74) is 0.250. The van der Waals surface area contributed by atoms with Crippen LogP contribution in [0.1, 0.15) is 18.1 Å². The zero-order valence-corrected chi connectivity index (χ0v) is 22.5. The Morgan fingerprint density at radius 2 is 1.74 bits per heavy atom. The molecule has 0 aliphatic heterocycles. The number of amides is 1. The molecule has 4 rings (SSSR count). The van der Waals surface area contributed by atoms with Crippen LogP contribution in [0.15, 0.2) is 69.3 Å². The number of hydrogen-bond acceptors (Lipinski definition) is 7.